The van der Waals surface area contributed by atoms with Crippen molar-refractivity contribution >= 4 is 12.1 Å². The van der Waals surface area contributed by atoms with Gasteiger partial charge in [0, 0.05) is 19.1 Å². The monoisotopic (exact) mass is 426 g/mol. The summed E-state index contributed by atoms with van der Waals surface area (Å²) in [6.45, 7) is 18.5. The minimum absolute atomic E-state index is 0.0268. The zero-order valence-electron chi connectivity index (χ0n) is 20.7. The van der Waals surface area contributed by atoms with E-state index in [4.69, 9.17) is 9.47 Å². The molecule has 6 nitrogen and oxygen atoms in total. The van der Waals surface area contributed by atoms with E-state index in [1.165, 1.54) is 12.8 Å². The first-order valence-corrected chi connectivity index (χ1v) is 11.8. The van der Waals surface area contributed by atoms with Gasteiger partial charge in [-0.25, -0.2) is 4.79 Å². The maximum absolute atomic E-state index is 11.8. The summed E-state index contributed by atoms with van der Waals surface area (Å²) in [6.07, 6.45) is 6.34. The Morgan fingerprint density at radius 2 is 1.67 bits per heavy atom. The summed E-state index contributed by atoms with van der Waals surface area (Å²) >= 11 is 0. The Morgan fingerprint density at radius 1 is 1.03 bits per heavy atom. The maximum atomic E-state index is 11.8. The van der Waals surface area contributed by atoms with Gasteiger partial charge in [0.2, 0.25) is 0 Å². The molecule has 0 saturated carbocycles. The van der Waals surface area contributed by atoms with E-state index >= 15 is 0 Å². The number of likely N-dealkylation sites (tertiary alicyclic amines) is 1. The van der Waals surface area contributed by atoms with Gasteiger partial charge >= 0.3 is 12.1 Å². The average molecular weight is 427 g/mol. The molecule has 0 bridgehead atoms. The standard InChI is InChI=1S/C13H26O2.C11H20N2O2/c1-6-8-9-10-11(7-2)12(14)15-13(3,4)5;1-11(2,3)15-10(14)13-5-4-8-6-12-9(8)7-13/h11H,6-10H2,1-5H3;8-9,12H,4-7H2,1-3H3. The molecule has 0 spiro atoms. The molecule has 30 heavy (non-hydrogen) atoms. The molecule has 0 radical (unpaired) electrons. The molecule has 2 fully saturated rings. The minimum atomic E-state index is -0.388. The van der Waals surface area contributed by atoms with Crippen LogP contribution >= 0.6 is 0 Å². The SMILES string of the molecule is CC(C)(C)OC(=O)N1CCC2CNC2C1.CCCCCC(CC)C(=O)OC(C)(C)C. The fourth-order valence-electron chi connectivity index (χ4n) is 3.63. The third-order valence-electron chi connectivity index (χ3n) is 5.44. The second-order valence-corrected chi connectivity index (χ2v) is 10.6. The summed E-state index contributed by atoms with van der Waals surface area (Å²) in [5, 5.41) is 3.35. The molecule has 0 aromatic heterocycles. The summed E-state index contributed by atoms with van der Waals surface area (Å²) in [5.41, 5.74) is -0.740. The summed E-state index contributed by atoms with van der Waals surface area (Å²) in [5.74, 6) is 0.848. The number of esters is 1. The first-order chi connectivity index (χ1) is 13.9. The predicted molar refractivity (Wildman–Crippen MR) is 121 cm³/mol. The maximum Gasteiger partial charge on any atom is 0.410 e. The number of piperidine rings is 1. The number of nitrogens with one attached hydrogen (secondary N) is 1. The van der Waals surface area contributed by atoms with E-state index in [1.54, 1.807) is 0 Å². The molecule has 1 N–H and O–H groups in total. The third kappa shape index (κ3) is 10.1. The van der Waals surface area contributed by atoms with Crippen molar-refractivity contribution < 1.29 is 19.1 Å². The first-order valence-electron chi connectivity index (χ1n) is 11.8. The number of nitrogens with zero attached hydrogens (tertiary/aromatic N) is 1. The van der Waals surface area contributed by atoms with Crippen LogP contribution in [0, 0.1) is 11.8 Å². The zero-order valence-corrected chi connectivity index (χ0v) is 20.7. The summed E-state index contributed by atoms with van der Waals surface area (Å²) < 4.78 is 10.7. The van der Waals surface area contributed by atoms with Crippen LogP contribution in [0.15, 0.2) is 0 Å². The largest absolute Gasteiger partial charge is 0.460 e. The number of unbranched alkanes of at least 4 members (excludes halogenated alkanes) is 2. The molecular weight excluding hydrogens is 380 g/mol. The molecule has 2 aliphatic heterocycles. The Hall–Kier alpha value is -1.30. The normalized spacial score (nSPS) is 22.1. The topological polar surface area (TPSA) is 67.9 Å². The van der Waals surface area contributed by atoms with Crippen LogP contribution in [0.25, 0.3) is 0 Å². The highest BCUT2D eigenvalue weighted by molar-refractivity contribution is 5.72. The van der Waals surface area contributed by atoms with E-state index < -0.39 is 0 Å². The smallest absolute Gasteiger partial charge is 0.410 e. The highest BCUT2D eigenvalue weighted by atomic mass is 16.6. The lowest BCUT2D eigenvalue weighted by Crippen LogP contribution is -2.63. The van der Waals surface area contributed by atoms with E-state index in [2.05, 4.69) is 19.2 Å². The van der Waals surface area contributed by atoms with Gasteiger partial charge < -0.3 is 19.7 Å². The van der Waals surface area contributed by atoms with Gasteiger partial charge in [0.1, 0.15) is 11.2 Å². The van der Waals surface area contributed by atoms with Crippen LogP contribution < -0.4 is 5.32 Å². The number of hydrogen-bond acceptors (Lipinski definition) is 5. The van der Waals surface area contributed by atoms with Crippen LogP contribution in [0.3, 0.4) is 0 Å². The van der Waals surface area contributed by atoms with Gasteiger partial charge in [0.15, 0.2) is 0 Å². The van der Waals surface area contributed by atoms with Gasteiger partial charge in [-0.15, -0.1) is 0 Å². The summed E-state index contributed by atoms with van der Waals surface area (Å²) in [6, 6.07) is 0.506. The van der Waals surface area contributed by atoms with E-state index in [9.17, 15) is 9.59 Å². The molecule has 2 aliphatic rings. The number of amides is 1. The number of hydrogen-bond donors (Lipinski definition) is 1. The summed E-state index contributed by atoms with van der Waals surface area (Å²) in [4.78, 5) is 25.3. The Labute approximate surface area is 184 Å². The Morgan fingerprint density at radius 3 is 2.10 bits per heavy atom. The lowest BCUT2D eigenvalue weighted by atomic mass is 9.85. The van der Waals surface area contributed by atoms with E-state index in [1.807, 2.05) is 46.4 Å². The molecule has 0 aromatic rings. The number of carbonyl (C=O) groups is 2. The highest BCUT2D eigenvalue weighted by Crippen LogP contribution is 2.25. The number of ether oxygens (including phenoxy) is 2. The molecule has 176 valence electrons. The van der Waals surface area contributed by atoms with Gasteiger partial charge in [0.05, 0.1) is 5.92 Å². The van der Waals surface area contributed by atoms with Crippen molar-refractivity contribution in [2.75, 3.05) is 19.6 Å². The Bertz CT molecular complexity index is 536. The molecular formula is C24H46N2O4. The molecule has 6 heteroatoms. The van der Waals surface area contributed by atoms with Crippen molar-refractivity contribution in [3.63, 3.8) is 0 Å². The lowest BCUT2D eigenvalue weighted by Gasteiger charge is -2.46. The fourth-order valence-corrected chi connectivity index (χ4v) is 3.63. The molecule has 3 unspecified atom stereocenters. The van der Waals surface area contributed by atoms with Crippen molar-refractivity contribution in [3.8, 4) is 0 Å². The van der Waals surface area contributed by atoms with E-state index in [0.29, 0.717) is 6.04 Å². The second kappa shape index (κ2) is 11.9. The predicted octanol–water partition coefficient (Wildman–Crippen LogP) is 5.15. The van der Waals surface area contributed by atoms with Gasteiger partial charge in [-0.1, -0.05) is 33.1 Å². The van der Waals surface area contributed by atoms with E-state index in [-0.39, 0.29) is 29.2 Å². The molecule has 0 aromatic carbocycles. The number of carbonyl (C=O) groups excluding carboxylic acids is 2. The second-order valence-electron chi connectivity index (χ2n) is 10.6. The van der Waals surface area contributed by atoms with Crippen LogP contribution in [0.2, 0.25) is 0 Å². The van der Waals surface area contributed by atoms with E-state index in [0.717, 1.165) is 51.2 Å². The quantitative estimate of drug-likeness (QED) is 0.470. The van der Waals surface area contributed by atoms with Gasteiger partial charge in [-0.3, -0.25) is 4.79 Å². The van der Waals surface area contributed by atoms with Gasteiger partial charge in [-0.05, 0) is 73.3 Å². The number of fused-ring (bicyclic) bond motifs is 1. The third-order valence-corrected chi connectivity index (χ3v) is 5.44. The average Bonchev–Trinajstić information content (AvgIpc) is 2.57. The van der Waals surface area contributed by atoms with Gasteiger partial charge in [-0.2, -0.15) is 0 Å². The van der Waals surface area contributed by atoms with Crippen LogP contribution in [0.5, 0.6) is 0 Å². The minimum Gasteiger partial charge on any atom is -0.460 e. The molecule has 2 heterocycles. The fraction of sp³-hybridized carbons (Fsp3) is 0.917. The van der Waals surface area contributed by atoms with Crippen molar-refractivity contribution in [3.05, 3.63) is 0 Å². The van der Waals surface area contributed by atoms with Crippen LogP contribution in [-0.4, -0.2) is 53.8 Å². The van der Waals surface area contributed by atoms with Crippen LogP contribution in [-0.2, 0) is 14.3 Å². The first kappa shape index (κ1) is 26.7. The van der Waals surface area contributed by atoms with Crippen molar-refractivity contribution in [2.45, 2.75) is 111 Å². The number of rotatable bonds is 6. The molecule has 0 aliphatic carbocycles. The van der Waals surface area contributed by atoms with Crippen molar-refractivity contribution in [2.24, 2.45) is 11.8 Å². The van der Waals surface area contributed by atoms with Crippen molar-refractivity contribution in [1.82, 2.24) is 10.2 Å². The van der Waals surface area contributed by atoms with Crippen LogP contribution in [0.4, 0.5) is 4.79 Å². The Balaban J connectivity index is 0.000000300. The van der Waals surface area contributed by atoms with Crippen LogP contribution in [0.1, 0.15) is 93.9 Å². The molecule has 1 amide bonds. The van der Waals surface area contributed by atoms with Gasteiger partial charge in [0.25, 0.3) is 0 Å². The lowest BCUT2D eigenvalue weighted by molar-refractivity contribution is -0.160. The summed E-state index contributed by atoms with van der Waals surface area (Å²) in [7, 11) is 0. The Kier molecular flexibility index (Phi) is 10.6. The molecule has 3 atom stereocenters. The molecule has 2 saturated heterocycles. The molecule has 2 rings (SSSR count). The highest BCUT2D eigenvalue weighted by Gasteiger charge is 2.38. The zero-order chi connectivity index (χ0) is 22.9. The van der Waals surface area contributed by atoms with Crippen molar-refractivity contribution in [1.29, 1.82) is 0 Å².